The molecular weight excluding hydrogens is 232 g/mol. The predicted molar refractivity (Wildman–Crippen MR) is 83.1 cm³/mol. The second-order valence-corrected chi connectivity index (χ2v) is 7.55. The van der Waals surface area contributed by atoms with Crippen LogP contribution in [-0.4, -0.2) is 30.6 Å². The summed E-state index contributed by atoms with van der Waals surface area (Å²) in [5.41, 5.74) is 8.34. The average Bonchev–Trinajstić information content (AvgIpc) is 2.55. The molecule has 2 unspecified atom stereocenters. The molecular formula is C17H32N2. The van der Waals surface area contributed by atoms with Crippen molar-refractivity contribution in [2.45, 2.75) is 65.3 Å². The maximum Gasteiger partial charge on any atom is 0.0166 e. The molecule has 0 amide bonds. The molecule has 2 aliphatic rings. The van der Waals surface area contributed by atoms with E-state index in [2.05, 4.69) is 31.7 Å². The van der Waals surface area contributed by atoms with Crippen LogP contribution >= 0.6 is 0 Å². The predicted octanol–water partition coefficient (Wildman–Crippen LogP) is 3.57. The van der Waals surface area contributed by atoms with E-state index in [0.717, 1.165) is 12.5 Å². The third-order valence-corrected chi connectivity index (χ3v) is 4.97. The van der Waals surface area contributed by atoms with Gasteiger partial charge in [-0.2, -0.15) is 0 Å². The number of rotatable bonds is 2. The zero-order chi connectivity index (χ0) is 13.9. The van der Waals surface area contributed by atoms with E-state index in [1.807, 2.05) is 0 Å². The highest BCUT2D eigenvalue weighted by atomic mass is 15.1. The molecule has 1 saturated carbocycles. The molecule has 0 saturated heterocycles. The van der Waals surface area contributed by atoms with Gasteiger partial charge in [-0.3, -0.25) is 4.90 Å². The summed E-state index contributed by atoms with van der Waals surface area (Å²) in [4.78, 5) is 2.62. The third kappa shape index (κ3) is 4.32. The minimum Gasteiger partial charge on any atom is -0.327 e. The van der Waals surface area contributed by atoms with Crippen LogP contribution in [0.2, 0.25) is 0 Å². The van der Waals surface area contributed by atoms with Gasteiger partial charge in [0, 0.05) is 25.7 Å². The van der Waals surface area contributed by atoms with E-state index in [4.69, 9.17) is 5.73 Å². The third-order valence-electron chi connectivity index (χ3n) is 4.97. The maximum atomic E-state index is 6.35. The van der Waals surface area contributed by atoms with Crippen LogP contribution in [0.5, 0.6) is 0 Å². The molecule has 0 aromatic heterocycles. The van der Waals surface area contributed by atoms with E-state index >= 15 is 0 Å². The van der Waals surface area contributed by atoms with Gasteiger partial charge in [0.05, 0.1) is 0 Å². The second kappa shape index (κ2) is 6.41. The lowest BCUT2D eigenvalue weighted by atomic mass is 9.82. The minimum absolute atomic E-state index is 0.352. The number of hydrogen-bond acceptors (Lipinski definition) is 2. The molecule has 1 heterocycles. The van der Waals surface area contributed by atoms with Crippen molar-refractivity contribution in [3.8, 4) is 0 Å². The first-order valence-corrected chi connectivity index (χ1v) is 8.14. The zero-order valence-electron chi connectivity index (χ0n) is 13.1. The zero-order valence-corrected chi connectivity index (χ0v) is 13.1. The Morgan fingerprint density at radius 3 is 2.58 bits per heavy atom. The van der Waals surface area contributed by atoms with Gasteiger partial charge in [0.25, 0.3) is 0 Å². The first-order valence-electron chi connectivity index (χ1n) is 8.14. The summed E-state index contributed by atoms with van der Waals surface area (Å²) in [5.74, 6) is 0.729. The molecule has 2 atom stereocenters. The van der Waals surface area contributed by atoms with Crippen LogP contribution in [0, 0.1) is 11.3 Å². The van der Waals surface area contributed by atoms with Crippen molar-refractivity contribution in [2.75, 3.05) is 19.6 Å². The molecule has 2 nitrogen and oxygen atoms in total. The average molecular weight is 264 g/mol. The lowest BCUT2D eigenvalue weighted by Gasteiger charge is -2.35. The topological polar surface area (TPSA) is 29.3 Å². The van der Waals surface area contributed by atoms with Crippen LogP contribution in [0.3, 0.4) is 0 Å². The van der Waals surface area contributed by atoms with Crippen LogP contribution in [0.1, 0.15) is 59.3 Å². The fraction of sp³-hybridized carbons (Fsp3) is 0.882. The SMILES string of the molecule is CC(C)(C)C1=CCN(CC2CCCCCC2N)CC1. The van der Waals surface area contributed by atoms with Gasteiger partial charge in [-0.1, -0.05) is 51.7 Å². The Labute approximate surface area is 119 Å². The van der Waals surface area contributed by atoms with E-state index in [1.54, 1.807) is 5.57 Å². The Morgan fingerprint density at radius 1 is 1.21 bits per heavy atom. The Kier molecular flexibility index (Phi) is 5.08. The van der Waals surface area contributed by atoms with Crippen molar-refractivity contribution in [3.63, 3.8) is 0 Å². The van der Waals surface area contributed by atoms with Crippen molar-refractivity contribution in [1.82, 2.24) is 4.90 Å². The van der Waals surface area contributed by atoms with Crippen LogP contribution in [0.25, 0.3) is 0 Å². The highest BCUT2D eigenvalue weighted by molar-refractivity contribution is 5.14. The number of nitrogens with two attached hydrogens (primary N) is 1. The molecule has 110 valence electrons. The van der Waals surface area contributed by atoms with Gasteiger partial charge in [0.1, 0.15) is 0 Å². The molecule has 0 spiro atoms. The Bertz CT molecular complexity index is 314. The van der Waals surface area contributed by atoms with E-state index in [-0.39, 0.29) is 0 Å². The van der Waals surface area contributed by atoms with Crippen LogP contribution < -0.4 is 5.73 Å². The van der Waals surface area contributed by atoms with E-state index in [0.29, 0.717) is 11.5 Å². The van der Waals surface area contributed by atoms with Crippen molar-refractivity contribution in [2.24, 2.45) is 17.1 Å². The molecule has 19 heavy (non-hydrogen) atoms. The first-order chi connectivity index (χ1) is 8.97. The van der Waals surface area contributed by atoms with E-state index < -0.39 is 0 Å². The summed E-state index contributed by atoms with van der Waals surface area (Å²) in [6.07, 6.45) is 10.4. The smallest absolute Gasteiger partial charge is 0.0166 e. The lowest BCUT2D eigenvalue weighted by Crippen LogP contribution is -2.41. The van der Waals surface area contributed by atoms with E-state index in [1.165, 1.54) is 51.6 Å². The Morgan fingerprint density at radius 2 is 1.95 bits per heavy atom. The number of nitrogens with zero attached hydrogens (tertiary/aromatic N) is 1. The Hall–Kier alpha value is -0.340. The summed E-state index contributed by atoms with van der Waals surface area (Å²) in [5, 5.41) is 0. The van der Waals surface area contributed by atoms with Gasteiger partial charge < -0.3 is 5.73 Å². The molecule has 0 radical (unpaired) electrons. The fourth-order valence-electron chi connectivity index (χ4n) is 3.53. The number of hydrogen-bond donors (Lipinski definition) is 1. The Balaban J connectivity index is 1.86. The normalized spacial score (nSPS) is 30.8. The molecule has 0 aromatic carbocycles. The monoisotopic (exact) mass is 264 g/mol. The standard InChI is InChI=1S/C17H32N2/c1-17(2,3)15-9-11-19(12-10-15)13-14-7-5-4-6-8-16(14)18/h9,14,16H,4-8,10-13,18H2,1-3H3. The molecule has 2 N–H and O–H groups in total. The highest BCUT2D eigenvalue weighted by Gasteiger charge is 2.25. The largest absolute Gasteiger partial charge is 0.327 e. The van der Waals surface area contributed by atoms with Gasteiger partial charge >= 0.3 is 0 Å². The first kappa shape index (κ1) is 15.1. The molecule has 0 bridgehead atoms. The van der Waals surface area contributed by atoms with Crippen molar-refractivity contribution in [3.05, 3.63) is 11.6 Å². The highest BCUT2D eigenvalue weighted by Crippen LogP contribution is 2.31. The van der Waals surface area contributed by atoms with Crippen LogP contribution in [-0.2, 0) is 0 Å². The molecule has 2 heteroatoms. The van der Waals surface area contributed by atoms with Gasteiger partial charge in [-0.05, 0) is 30.6 Å². The summed E-state index contributed by atoms with van der Waals surface area (Å²) >= 11 is 0. The van der Waals surface area contributed by atoms with Gasteiger partial charge in [-0.25, -0.2) is 0 Å². The molecule has 2 rings (SSSR count). The summed E-state index contributed by atoms with van der Waals surface area (Å²) in [7, 11) is 0. The minimum atomic E-state index is 0.352. The summed E-state index contributed by atoms with van der Waals surface area (Å²) in [6, 6.07) is 0.440. The summed E-state index contributed by atoms with van der Waals surface area (Å²) in [6.45, 7) is 10.6. The quantitative estimate of drug-likeness (QED) is 0.610. The maximum absolute atomic E-state index is 6.35. The van der Waals surface area contributed by atoms with Gasteiger partial charge in [0.2, 0.25) is 0 Å². The fourth-order valence-corrected chi connectivity index (χ4v) is 3.53. The van der Waals surface area contributed by atoms with E-state index in [9.17, 15) is 0 Å². The van der Waals surface area contributed by atoms with Crippen molar-refractivity contribution >= 4 is 0 Å². The van der Waals surface area contributed by atoms with Crippen LogP contribution in [0.15, 0.2) is 11.6 Å². The van der Waals surface area contributed by atoms with Crippen molar-refractivity contribution < 1.29 is 0 Å². The molecule has 1 fully saturated rings. The second-order valence-electron chi connectivity index (χ2n) is 7.55. The lowest BCUT2D eigenvalue weighted by molar-refractivity contribution is 0.212. The molecule has 0 aromatic rings. The molecule has 1 aliphatic carbocycles. The summed E-state index contributed by atoms with van der Waals surface area (Å²) < 4.78 is 0. The van der Waals surface area contributed by atoms with Gasteiger partial charge in [0.15, 0.2) is 0 Å². The van der Waals surface area contributed by atoms with Gasteiger partial charge in [-0.15, -0.1) is 0 Å². The van der Waals surface area contributed by atoms with Crippen LogP contribution in [0.4, 0.5) is 0 Å². The van der Waals surface area contributed by atoms with Crippen molar-refractivity contribution in [1.29, 1.82) is 0 Å². The molecule has 1 aliphatic heterocycles.